The summed E-state index contributed by atoms with van der Waals surface area (Å²) < 4.78 is 6.85. The van der Waals surface area contributed by atoms with Crippen LogP contribution in [0, 0.1) is 13.8 Å². The Morgan fingerprint density at radius 1 is 1.33 bits per heavy atom. The summed E-state index contributed by atoms with van der Waals surface area (Å²) in [5.41, 5.74) is 3.42. The minimum Gasteiger partial charge on any atom is -0.458 e. The van der Waals surface area contributed by atoms with Crippen molar-refractivity contribution in [2.75, 3.05) is 7.05 Å². The third-order valence-corrected chi connectivity index (χ3v) is 3.16. The minimum atomic E-state index is 0.770. The predicted octanol–water partition coefficient (Wildman–Crippen LogP) is 3.53. The van der Waals surface area contributed by atoms with Gasteiger partial charge in [-0.3, -0.25) is 0 Å². The van der Waals surface area contributed by atoms with Gasteiger partial charge in [-0.15, -0.1) is 0 Å². The van der Waals surface area contributed by atoms with Crippen molar-refractivity contribution in [2.24, 2.45) is 0 Å². The topological polar surface area (TPSA) is 25.2 Å². The zero-order valence-corrected chi connectivity index (χ0v) is 10.7. The molecule has 80 valence electrons. The molecule has 1 aromatic heterocycles. The molecule has 1 N–H and O–H groups in total. The van der Waals surface area contributed by atoms with Gasteiger partial charge >= 0.3 is 0 Å². The van der Waals surface area contributed by atoms with Crippen molar-refractivity contribution in [3.8, 4) is 0 Å². The lowest BCUT2D eigenvalue weighted by molar-refractivity contribution is 0.526. The van der Waals surface area contributed by atoms with E-state index in [1.807, 2.05) is 7.05 Å². The van der Waals surface area contributed by atoms with Crippen molar-refractivity contribution in [1.29, 1.82) is 0 Å². The smallest absolute Gasteiger partial charge is 0.148 e. The molecule has 1 aromatic carbocycles. The SMILES string of the molecule is CNCc1oc2c(Br)cc(C)cc2c1C. The molecule has 2 aromatic rings. The number of halogens is 1. The second-order valence-electron chi connectivity index (χ2n) is 3.80. The third-order valence-electron chi connectivity index (χ3n) is 2.57. The van der Waals surface area contributed by atoms with E-state index in [2.05, 4.69) is 47.2 Å². The maximum Gasteiger partial charge on any atom is 0.148 e. The zero-order valence-electron chi connectivity index (χ0n) is 9.15. The van der Waals surface area contributed by atoms with Crippen molar-refractivity contribution in [3.05, 3.63) is 33.5 Å². The van der Waals surface area contributed by atoms with E-state index in [0.717, 1.165) is 22.4 Å². The molecule has 2 rings (SSSR count). The molecule has 0 aliphatic carbocycles. The van der Waals surface area contributed by atoms with E-state index in [1.54, 1.807) is 0 Å². The highest BCUT2D eigenvalue weighted by Gasteiger charge is 2.12. The van der Waals surface area contributed by atoms with E-state index < -0.39 is 0 Å². The van der Waals surface area contributed by atoms with Crippen LogP contribution in [0.25, 0.3) is 11.0 Å². The first-order chi connectivity index (χ1) is 7.13. The van der Waals surface area contributed by atoms with Crippen LogP contribution in [0.15, 0.2) is 21.0 Å². The lowest BCUT2D eigenvalue weighted by atomic mass is 10.1. The second-order valence-corrected chi connectivity index (χ2v) is 4.66. The van der Waals surface area contributed by atoms with Gasteiger partial charge in [-0.2, -0.15) is 0 Å². The Hall–Kier alpha value is -0.800. The Bertz CT molecular complexity index is 502. The fourth-order valence-corrected chi connectivity index (χ4v) is 2.45. The Balaban J connectivity index is 2.70. The molecule has 0 amide bonds. The number of aryl methyl sites for hydroxylation is 2. The molecular formula is C12H14BrNO. The quantitative estimate of drug-likeness (QED) is 0.901. The molecule has 0 saturated carbocycles. The molecule has 0 atom stereocenters. The first-order valence-electron chi connectivity index (χ1n) is 4.96. The zero-order chi connectivity index (χ0) is 11.0. The Morgan fingerprint density at radius 3 is 2.73 bits per heavy atom. The van der Waals surface area contributed by atoms with Gasteiger partial charge in [0.25, 0.3) is 0 Å². The molecular weight excluding hydrogens is 254 g/mol. The van der Waals surface area contributed by atoms with Crippen LogP contribution in [0.3, 0.4) is 0 Å². The molecule has 0 radical (unpaired) electrons. The van der Waals surface area contributed by atoms with Crippen LogP contribution in [0.4, 0.5) is 0 Å². The molecule has 0 saturated heterocycles. The van der Waals surface area contributed by atoms with E-state index >= 15 is 0 Å². The molecule has 0 aliphatic rings. The fraction of sp³-hybridized carbons (Fsp3) is 0.333. The van der Waals surface area contributed by atoms with Crippen molar-refractivity contribution < 1.29 is 4.42 Å². The van der Waals surface area contributed by atoms with Crippen LogP contribution >= 0.6 is 15.9 Å². The highest BCUT2D eigenvalue weighted by molar-refractivity contribution is 9.10. The monoisotopic (exact) mass is 267 g/mol. The summed E-state index contributed by atoms with van der Waals surface area (Å²) in [7, 11) is 1.92. The highest BCUT2D eigenvalue weighted by atomic mass is 79.9. The highest BCUT2D eigenvalue weighted by Crippen LogP contribution is 2.32. The van der Waals surface area contributed by atoms with Crippen LogP contribution in [0.5, 0.6) is 0 Å². The predicted molar refractivity (Wildman–Crippen MR) is 66.2 cm³/mol. The number of fused-ring (bicyclic) bond motifs is 1. The van der Waals surface area contributed by atoms with Gasteiger partial charge in [0.05, 0.1) is 11.0 Å². The average molecular weight is 268 g/mol. The largest absolute Gasteiger partial charge is 0.458 e. The molecule has 1 heterocycles. The van der Waals surface area contributed by atoms with Gasteiger partial charge in [0.15, 0.2) is 0 Å². The van der Waals surface area contributed by atoms with Gasteiger partial charge in [0, 0.05) is 5.39 Å². The van der Waals surface area contributed by atoms with Crippen molar-refractivity contribution in [2.45, 2.75) is 20.4 Å². The number of hydrogen-bond donors (Lipinski definition) is 1. The van der Waals surface area contributed by atoms with Gasteiger partial charge in [0.1, 0.15) is 11.3 Å². The molecule has 0 fully saturated rings. The van der Waals surface area contributed by atoms with Gasteiger partial charge in [-0.1, -0.05) is 0 Å². The van der Waals surface area contributed by atoms with Gasteiger partial charge in [-0.25, -0.2) is 0 Å². The normalized spacial score (nSPS) is 11.2. The summed E-state index contributed by atoms with van der Waals surface area (Å²) in [6.45, 7) is 4.96. The van der Waals surface area contributed by atoms with E-state index in [4.69, 9.17) is 4.42 Å². The summed E-state index contributed by atoms with van der Waals surface area (Å²) in [5, 5.41) is 4.31. The number of nitrogens with one attached hydrogen (secondary N) is 1. The summed E-state index contributed by atoms with van der Waals surface area (Å²) in [6, 6.07) is 4.24. The Morgan fingerprint density at radius 2 is 2.07 bits per heavy atom. The van der Waals surface area contributed by atoms with Crippen LogP contribution in [-0.2, 0) is 6.54 Å². The van der Waals surface area contributed by atoms with Crippen LogP contribution in [0.2, 0.25) is 0 Å². The first-order valence-corrected chi connectivity index (χ1v) is 5.75. The lowest BCUT2D eigenvalue weighted by Gasteiger charge is -1.96. The summed E-state index contributed by atoms with van der Waals surface area (Å²) in [6.07, 6.45) is 0. The number of furan rings is 1. The minimum absolute atomic E-state index is 0.770. The first kappa shape index (κ1) is 10.7. The standard InChI is InChI=1S/C12H14BrNO/c1-7-4-9-8(2)11(6-14-3)15-12(9)10(13)5-7/h4-5,14H,6H2,1-3H3. The van der Waals surface area contributed by atoms with Gasteiger partial charge < -0.3 is 9.73 Å². The number of rotatable bonds is 2. The van der Waals surface area contributed by atoms with E-state index in [0.29, 0.717) is 0 Å². The van der Waals surface area contributed by atoms with Crippen LogP contribution in [0.1, 0.15) is 16.9 Å². The molecule has 0 spiro atoms. The number of hydrogen-bond acceptors (Lipinski definition) is 2. The molecule has 3 heteroatoms. The molecule has 2 nitrogen and oxygen atoms in total. The van der Waals surface area contributed by atoms with Crippen molar-refractivity contribution >= 4 is 26.9 Å². The molecule has 0 bridgehead atoms. The van der Waals surface area contributed by atoms with Gasteiger partial charge in [0.2, 0.25) is 0 Å². The van der Waals surface area contributed by atoms with Crippen LogP contribution in [-0.4, -0.2) is 7.05 Å². The molecule has 0 unspecified atom stereocenters. The average Bonchev–Trinajstić information content (AvgIpc) is 2.47. The van der Waals surface area contributed by atoms with E-state index in [-0.39, 0.29) is 0 Å². The Labute approximate surface area is 97.8 Å². The maximum absolute atomic E-state index is 5.82. The molecule has 15 heavy (non-hydrogen) atoms. The summed E-state index contributed by atoms with van der Waals surface area (Å²) >= 11 is 3.53. The van der Waals surface area contributed by atoms with Gasteiger partial charge in [-0.05, 0) is 60.1 Å². The van der Waals surface area contributed by atoms with Crippen LogP contribution < -0.4 is 5.32 Å². The fourth-order valence-electron chi connectivity index (χ4n) is 1.79. The summed E-state index contributed by atoms with van der Waals surface area (Å²) in [5.74, 6) is 1.01. The maximum atomic E-state index is 5.82. The van der Waals surface area contributed by atoms with E-state index in [9.17, 15) is 0 Å². The van der Waals surface area contributed by atoms with Crippen molar-refractivity contribution in [1.82, 2.24) is 5.32 Å². The van der Waals surface area contributed by atoms with E-state index in [1.165, 1.54) is 16.5 Å². The second kappa shape index (κ2) is 3.99. The number of benzene rings is 1. The third kappa shape index (κ3) is 1.82. The summed E-state index contributed by atoms with van der Waals surface area (Å²) in [4.78, 5) is 0. The lowest BCUT2D eigenvalue weighted by Crippen LogP contribution is -2.04. The Kier molecular flexibility index (Phi) is 2.85. The molecule has 0 aliphatic heterocycles. The van der Waals surface area contributed by atoms with Crippen molar-refractivity contribution in [3.63, 3.8) is 0 Å².